The van der Waals surface area contributed by atoms with E-state index in [0.717, 1.165) is 20.9 Å². The van der Waals surface area contributed by atoms with Crippen LogP contribution in [0.15, 0.2) is 24.3 Å². The third-order valence-electron chi connectivity index (χ3n) is 3.74. The molecule has 1 aromatic carbocycles. The summed E-state index contributed by atoms with van der Waals surface area (Å²) in [5.41, 5.74) is 0.968. The first-order valence-electron chi connectivity index (χ1n) is 6.86. The third-order valence-corrected chi connectivity index (χ3v) is 4.70. The van der Waals surface area contributed by atoms with Crippen LogP contribution in [0.25, 0.3) is 0 Å². The molecule has 23 heavy (non-hydrogen) atoms. The monoisotopic (exact) mass is 429 g/mol. The molecule has 0 radical (unpaired) electrons. The van der Waals surface area contributed by atoms with E-state index in [0.29, 0.717) is 18.8 Å². The number of hydrogen-bond donors (Lipinski definition) is 0. The van der Waals surface area contributed by atoms with E-state index in [4.69, 9.17) is 5.26 Å². The highest BCUT2D eigenvalue weighted by atomic mass is 127. The summed E-state index contributed by atoms with van der Waals surface area (Å²) in [7, 11) is 0. The fourth-order valence-corrected chi connectivity index (χ4v) is 3.69. The molecule has 7 heteroatoms. The zero-order chi connectivity index (χ0) is 16.8. The van der Waals surface area contributed by atoms with E-state index in [1.54, 1.807) is 11.0 Å². The third kappa shape index (κ3) is 2.87. The number of aryl methyl sites for hydroxylation is 1. The zero-order valence-corrected chi connectivity index (χ0v) is 14.2. The molecular formula is C16H11F3IN3. The van der Waals surface area contributed by atoms with Crippen molar-refractivity contribution in [1.29, 1.82) is 5.26 Å². The zero-order valence-electron chi connectivity index (χ0n) is 12.1. The van der Waals surface area contributed by atoms with Gasteiger partial charge in [-0.3, -0.25) is 0 Å². The van der Waals surface area contributed by atoms with Crippen LogP contribution in [0.2, 0.25) is 0 Å². The van der Waals surface area contributed by atoms with Crippen LogP contribution in [0, 0.1) is 21.8 Å². The van der Waals surface area contributed by atoms with Crippen LogP contribution in [0.1, 0.15) is 22.4 Å². The van der Waals surface area contributed by atoms with Crippen molar-refractivity contribution >= 4 is 34.1 Å². The van der Waals surface area contributed by atoms with Gasteiger partial charge in [0.05, 0.1) is 22.9 Å². The van der Waals surface area contributed by atoms with Gasteiger partial charge in [-0.2, -0.15) is 18.4 Å². The molecule has 1 aliphatic heterocycles. The quantitative estimate of drug-likeness (QED) is 0.624. The Labute approximate surface area is 144 Å². The number of halogens is 4. The van der Waals surface area contributed by atoms with Gasteiger partial charge < -0.3 is 4.90 Å². The van der Waals surface area contributed by atoms with Gasteiger partial charge in [-0.05, 0) is 60.2 Å². The van der Waals surface area contributed by atoms with Gasteiger partial charge in [0.1, 0.15) is 5.82 Å². The van der Waals surface area contributed by atoms with Crippen LogP contribution in [0.4, 0.5) is 24.7 Å². The molecule has 2 heterocycles. The van der Waals surface area contributed by atoms with Gasteiger partial charge in [0, 0.05) is 21.4 Å². The van der Waals surface area contributed by atoms with Crippen molar-refractivity contribution in [1.82, 2.24) is 4.98 Å². The van der Waals surface area contributed by atoms with Crippen LogP contribution in [0.3, 0.4) is 0 Å². The molecule has 0 saturated heterocycles. The number of rotatable bonds is 1. The fourth-order valence-electron chi connectivity index (χ4n) is 2.73. The number of aromatic nitrogens is 1. The van der Waals surface area contributed by atoms with Gasteiger partial charge in [-0.1, -0.05) is 0 Å². The van der Waals surface area contributed by atoms with Gasteiger partial charge >= 0.3 is 6.18 Å². The molecule has 0 atom stereocenters. The van der Waals surface area contributed by atoms with Crippen molar-refractivity contribution in [3.05, 3.63) is 50.2 Å². The van der Waals surface area contributed by atoms with Crippen LogP contribution < -0.4 is 4.90 Å². The first-order chi connectivity index (χ1) is 10.8. The molecule has 0 saturated carbocycles. The lowest BCUT2D eigenvalue weighted by atomic mass is 10.1. The van der Waals surface area contributed by atoms with Crippen LogP contribution in [-0.4, -0.2) is 11.5 Å². The number of benzene rings is 1. The molecule has 0 amide bonds. The molecule has 1 aromatic heterocycles. The summed E-state index contributed by atoms with van der Waals surface area (Å²) in [4.78, 5) is 6.02. The van der Waals surface area contributed by atoms with Crippen LogP contribution >= 0.6 is 22.6 Å². The lowest BCUT2D eigenvalue weighted by Gasteiger charge is -2.23. The van der Waals surface area contributed by atoms with Crippen molar-refractivity contribution < 1.29 is 13.2 Å². The summed E-state index contributed by atoms with van der Waals surface area (Å²) in [5.74, 6) is 0.574. The number of fused-ring (bicyclic) bond motifs is 1. The molecule has 0 fully saturated rings. The first kappa shape index (κ1) is 16.1. The van der Waals surface area contributed by atoms with E-state index in [9.17, 15) is 13.2 Å². The number of anilines is 2. The molecular weight excluding hydrogens is 418 g/mol. The van der Waals surface area contributed by atoms with E-state index in [1.165, 1.54) is 12.1 Å². The summed E-state index contributed by atoms with van der Waals surface area (Å²) < 4.78 is 41.2. The Morgan fingerprint density at radius 3 is 2.70 bits per heavy atom. The first-order valence-corrected chi connectivity index (χ1v) is 7.94. The molecule has 3 rings (SSSR count). The standard InChI is InChI=1S/C16H11F3IN3/c1-9-6-13(20)11-4-5-23(15(11)22-9)14-3-2-10(8-21)7-12(14)16(17,18)19/h2-3,6-7H,4-5H2,1H3. The van der Waals surface area contributed by atoms with Gasteiger partial charge in [0.2, 0.25) is 0 Å². The minimum absolute atomic E-state index is 0.00715. The SMILES string of the molecule is Cc1cc(I)c2c(n1)N(c1ccc(C#N)cc1C(F)(F)F)CC2. The smallest absolute Gasteiger partial charge is 0.325 e. The molecule has 0 unspecified atom stereocenters. The summed E-state index contributed by atoms with van der Waals surface area (Å²) in [6.45, 7) is 2.26. The van der Waals surface area contributed by atoms with E-state index in [1.807, 2.05) is 13.0 Å². The number of hydrogen-bond acceptors (Lipinski definition) is 3. The minimum Gasteiger partial charge on any atom is -0.325 e. The van der Waals surface area contributed by atoms with Crippen LogP contribution in [-0.2, 0) is 12.6 Å². The van der Waals surface area contributed by atoms with E-state index < -0.39 is 11.7 Å². The molecule has 0 aliphatic carbocycles. The summed E-state index contributed by atoms with van der Waals surface area (Å²) >= 11 is 2.19. The second kappa shape index (κ2) is 5.67. The lowest BCUT2D eigenvalue weighted by Crippen LogP contribution is -2.20. The number of nitriles is 1. The van der Waals surface area contributed by atoms with Crippen molar-refractivity contribution in [2.45, 2.75) is 19.5 Å². The predicted molar refractivity (Wildman–Crippen MR) is 88.6 cm³/mol. The Morgan fingerprint density at radius 1 is 1.30 bits per heavy atom. The van der Waals surface area contributed by atoms with Crippen molar-refractivity contribution in [3.63, 3.8) is 0 Å². The maximum Gasteiger partial charge on any atom is 0.418 e. The summed E-state index contributed by atoms with van der Waals surface area (Å²) in [6.07, 6.45) is -3.87. The molecule has 2 aromatic rings. The highest BCUT2D eigenvalue weighted by Gasteiger charge is 2.37. The van der Waals surface area contributed by atoms with E-state index in [2.05, 4.69) is 27.6 Å². The Bertz CT molecular complexity index is 825. The molecule has 0 spiro atoms. The maximum atomic E-state index is 13.4. The minimum atomic E-state index is -4.53. The molecule has 3 nitrogen and oxygen atoms in total. The molecule has 0 bridgehead atoms. The highest BCUT2D eigenvalue weighted by Crippen LogP contribution is 2.42. The average Bonchev–Trinajstić information content (AvgIpc) is 2.89. The van der Waals surface area contributed by atoms with Crippen molar-refractivity contribution in [2.75, 3.05) is 11.4 Å². The summed E-state index contributed by atoms with van der Waals surface area (Å²) in [6, 6.07) is 7.34. The number of pyridine rings is 1. The van der Waals surface area contributed by atoms with E-state index >= 15 is 0 Å². The van der Waals surface area contributed by atoms with Gasteiger partial charge in [0.15, 0.2) is 0 Å². The molecule has 0 N–H and O–H groups in total. The van der Waals surface area contributed by atoms with Gasteiger partial charge in [-0.25, -0.2) is 4.98 Å². The number of alkyl halides is 3. The average molecular weight is 429 g/mol. The fraction of sp³-hybridized carbons (Fsp3) is 0.250. The second-order valence-electron chi connectivity index (χ2n) is 5.29. The summed E-state index contributed by atoms with van der Waals surface area (Å²) in [5, 5.41) is 8.87. The number of nitrogens with zero attached hydrogens (tertiary/aromatic N) is 3. The highest BCUT2D eigenvalue weighted by molar-refractivity contribution is 14.1. The Hall–Kier alpha value is -1.82. The predicted octanol–water partition coefficient (Wildman–Crippen LogP) is 4.58. The van der Waals surface area contributed by atoms with E-state index in [-0.39, 0.29) is 11.3 Å². The molecule has 1 aliphatic rings. The second-order valence-corrected chi connectivity index (χ2v) is 6.45. The van der Waals surface area contributed by atoms with Crippen molar-refractivity contribution in [2.24, 2.45) is 0 Å². The molecule has 118 valence electrons. The van der Waals surface area contributed by atoms with Crippen molar-refractivity contribution in [3.8, 4) is 6.07 Å². The Balaban J connectivity index is 2.18. The maximum absolute atomic E-state index is 13.4. The topological polar surface area (TPSA) is 39.9 Å². The Kier molecular flexibility index (Phi) is 3.96. The van der Waals surface area contributed by atoms with Gasteiger partial charge in [-0.15, -0.1) is 0 Å². The van der Waals surface area contributed by atoms with Crippen LogP contribution in [0.5, 0.6) is 0 Å². The normalized spacial score (nSPS) is 13.8. The largest absolute Gasteiger partial charge is 0.418 e. The Morgan fingerprint density at radius 2 is 2.04 bits per heavy atom. The van der Waals surface area contributed by atoms with Gasteiger partial charge in [0.25, 0.3) is 0 Å². The lowest BCUT2D eigenvalue weighted by molar-refractivity contribution is -0.137.